The summed E-state index contributed by atoms with van der Waals surface area (Å²) in [6, 6.07) is 8.61. The zero-order valence-corrected chi connectivity index (χ0v) is 23.3. The molecular formula is C28H28F6N4O5. The van der Waals surface area contributed by atoms with Crippen molar-refractivity contribution in [1.29, 1.82) is 0 Å². The summed E-state index contributed by atoms with van der Waals surface area (Å²) in [5.41, 5.74) is -6.25. The maximum Gasteiger partial charge on any atom is 0.426 e. The molecule has 15 heteroatoms. The Kier molecular flexibility index (Phi) is 9.04. The van der Waals surface area contributed by atoms with E-state index in [2.05, 4.69) is 20.5 Å². The zero-order valence-electron chi connectivity index (χ0n) is 23.3. The van der Waals surface area contributed by atoms with E-state index in [1.165, 1.54) is 32.9 Å². The number of anilines is 1. The average molecular weight is 615 g/mol. The second-order valence-corrected chi connectivity index (χ2v) is 10.5. The average Bonchev–Trinajstić information content (AvgIpc) is 3.38. The van der Waals surface area contributed by atoms with Crippen molar-refractivity contribution in [2.24, 2.45) is 0 Å². The number of benzene rings is 1. The minimum atomic E-state index is -5.08. The van der Waals surface area contributed by atoms with Crippen LogP contribution in [-0.4, -0.2) is 39.7 Å². The Balaban J connectivity index is 1.88. The van der Waals surface area contributed by atoms with Gasteiger partial charge in [-0.05, 0) is 45.2 Å². The van der Waals surface area contributed by atoms with Gasteiger partial charge in [0.2, 0.25) is 11.5 Å². The number of nitrogens with one attached hydrogen (secondary N) is 1. The van der Waals surface area contributed by atoms with Crippen molar-refractivity contribution in [2.75, 3.05) is 11.9 Å². The number of hydrogen-bond acceptors (Lipinski definition) is 8. The van der Waals surface area contributed by atoms with Gasteiger partial charge in [0.1, 0.15) is 11.2 Å². The highest BCUT2D eigenvalue weighted by atomic mass is 19.4. The topological polar surface area (TPSA) is 109 Å². The smallest absolute Gasteiger partial charge is 0.426 e. The van der Waals surface area contributed by atoms with Crippen LogP contribution in [0.3, 0.4) is 0 Å². The van der Waals surface area contributed by atoms with Crippen LogP contribution in [0.2, 0.25) is 0 Å². The van der Waals surface area contributed by atoms with Gasteiger partial charge in [0.15, 0.2) is 5.69 Å². The van der Waals surface area contributed by atoms with E-state index in [4.69, 9.17) is 18.6 Å². The molecule has 0 unspecified atom stereocenters. The highest BCUT2D eigenvalue weighted by Crippen LogP contribution is 2.47. The van der Waals surface area contributed by atoms with E-state index in [-0.39, 0.29) is 19.4 Å². The first-order valence-corrected chi connectivity index (χ1v) is 13.1. The maximum absolute atomic E-state index is 14.8. The van der Waals surface area contributed by atoms with Gasteiger partial charge in [0.05, 0.1) is 18.9 Å². The molecular weight excluding hydrogens is 586 g/mol. The zero-order chi connectivity index (χ0) is 31.5. The van der Waals surface area contributed by atoms with Gasteiger partial charge in [0, 0.05) is 6.42 Å². The van der Waals surface area contributed by atoms with Crippen LogP contribution in [0.1, 0.15) is 57.1 Å². The van der Waals surface area contributed by atoms with E-state index in [0.717, 1.165) is 0 Å². The highest BCUT2D eigenvalue weighted by Gasteiger charge is 2.61. The summed E-state index contributed by atoms with van der Waals surface area (Å²) >= 11 is 0. The molecule has 43 heavy (non-hydrogen) atoms. The summed E-state index contributed by atoms with van der Waals surface area (Å²) in [6.07, 6.45) is -8.98. The lowest BCUT2D eigenvalue weighted by Gasteiger charge is -2.31. The summed E-state index contributed by atoms with van der Waals surface area (Å²) < 4.78 is 108. The summed E-state index contributed by atoms with van der Waals surface area (Å²) in [7, 11) is 0. The fourth-order valence-electron chi connectivity index (χ4n) is 4.01. The lowest BCUT2D eigenvalue weighted by Crippen LogP contribution is -2.45. The molecule has 3 heterocycles. The molecule has 4 rings (SSSR count). The molecule has 2 aromatic heterocycles. The van der Waals surface area contributed by atoms with Gasteiger partial charge in [-0.3, -0.25) is 5.32 Å². The number of alkyl halides is 6. The number of aromatic nitrogens is 3. The van der Waals surface area contributed by atoms with Crippen LogP contribution in [0.15, 0.2) is 53.0 Å². The quantitative estimate of drug-likeness (QED) is 0.237. The Morgan fingerprint density at radius 1 is 1.05 bits per heavy atom. The Hall–Kier alpha value is -4.14. The van der Waals surface area contributed by atoms with Gasteiger partial charge in [-0.2, -0.15) is 26.3 Å². The molecule has 3 aromatic rings. The molecule has 0 saturated heterocycles. The van der Waals surface area contributed by atoms with E-state index in [9.17, 15) is 31.1 Å². The van der Waals surface area contributed by atoms with Gasteiger partial charge in [-0.1, -0.05) is 42.5 Å². The van der Waals surface area contributed by atoms with Crippen molar-refractivity contribution in [3.8, 4) is 17.5 Å². The van der Waals surface area contributed by atoms with Crippen LogP contribution < -0.4 is 10.1 Å². The molecule has 0 aliphatic carbocycles. The third-order valence-electron chi connectivity index (χ3n) is 6.01. The third kappa shape index (κ3) is 7.63. The number of allylic oxidation sites excluding steroid dienone is 1. The van der Waals surface area contributed by atoms with Crippen LogP contribution in [0, 0.1) is 0 Å². The fraction of sp³-hybridized carbons (Fsp3) is 0.429. The van der Waals surface area contributed by atoms with Gasteiger partial charge >= 0.3 is 18.4 Å². The van der Waals surface area contributed by atoms with E-state index < -0.39 is 77.3 Å². The molecule has 1 aliphatic heterocycles. The molecule has 1 amide bonds. The number of fused-ring (bicyclic) bond motifs is 5. The second-order valence-electron chi connectivity index (χ2n) is 10.5. The summed E-state index contributed by atoms with van der Waals surface area (Å²) in [5, 5.41) is 9.42. The minimum absolute atomic E-state index is 0.158. The molecule has 0 spiro atoms. The fourth-order valence-corrected chi connectivity index (χ4v) is 4.01. The normalized spacial score (nSPS) is 18.7. The predicted octanol–water partition coefficient (Wildman–Crippen LogP) is 7.59. The molecule has 1 atom stereocenters. The lowest BCUT2D eigenvalue weighted by molar-refractivity contribution is -0.295. The number of carbonyl (C=O) groups is 1. The van der Waals surface area contributed by atoms with Crippen molar-refractivity contribution < 1.29 is 49.8 Å². The number of rotatable bonds is 4. The summed E-state index contributed by atoms with van der Waals surface area (Å²) in [5.74, 6) is -2.63. The number of hydrogen-bond donors (Lipinski definition) is 1. The Labute approximate surface area is 242 Å². The largest absolute Gasteiger partial charge is 0.477 e. The summed E-state index contributed by atoms with van der Waals surface area (Å²) in [6.45, 7) is 3.85. The van der Waals surface area contributed by atoms with E-state index in [0.29, 0.717) is 11.6 Å². The minimum Gasteiger partial charge on any atom is -0.477 e. The first-order chi connectivity index (χ1) is 20.1. The van der Waals surface area contributed by atoms with Crippen molar-refractivity contribution in [3.05, 3.63) is 65.6 Å². The third-order valence-corrected chi connectivity index (χ3v) is 6.01. The molecule has 232 valence electrons. The SMILES string of the molecule is CC(C)(C)OC(=O)Nc1cc(C(F)(F)F)c2nc1-c1nnc(o1)[C@@](OCc1ccccc1)(C(F)(F)F)C/C=C/CCCO2. The highest BCUT2D eigenvalue weighted by molar-refractivity contribution is 5.89. The number of pyridine rings is 1. The lowest BCUT2D eigenvalue weighted by atomic mass is 9.97. The number of halogens is 6. The molecule has 0 fully saturated rings. The molecule has 1 N–H and O–H groups in total. The van der Waals surface area contributed by atoms with E-state index in [1.54, 1.807) is 30.3 Å². The standard InChI is InChI=1S/C28H28F6N4O5/c1-25(2,3)43-24(39)35-19-15-18(27(29,30)31)21-36-20(19)22-37-38-23(42-22)26(28(32,33)34,13-9-4-5-10-14-40-21)41-16-17-11-7-6-8-12-17/h4,6-9,11-12,15H,5,10,13-14,16H2,1-3H3,(H,35,39)/b9-4+/t26-/m1/s1. The first-order valence-electron chi connectivity index (χ1n) is 13.1. The van der Waals surface area contributed by atoms with Crippen molar-refractivity contribution in [2.45, 2.75) is 70.2 Å². The number of nitrogens with zero attached hydrogens (tertiary/aromatic N) is 3. The van der Waals surface area contributed by atoms with Crippen LogP contribution in [-0.2, 0) is 27.9 Å². The summed E-state index contributed by atoms with van der Waals surface area (Å²) in [4.78, 5) is 16.4. The number of amides is 1. The molecule has 0 radical (unpaired) electrons. The number of ether oxygens (including phenoxy) is 3. The van der Waals surface area contributed by atoms with Gasteiger partial charge in [-0.15, -0.1) is 10.2 Å². The maximum atomic E-state index is 14.8. The van der Waals surface area contributed by atoms with Crippen molar-refractivity contribution in [3.63, 3.8) is 0 Å². The molecule has 1 aromatic carbocycles. The van der Waals surface area contributed by atoms with Crippen LogP contribution in [0.5, 0.6) is 5.88 Å². The van der Waals surface area contributed by atoms with Gasteiger partial charge < -0.3 is 18.6 Å². The molecule has 0 saturated carbocycles. The number of carbonyl (C=O) groups excluding carboxylic acids is 1. The van der Waals surface area contributed by atoms with Crippen LogP contribution in [0.25, 0.3) is 11.6 Å². The Morgan fingerprint density at radius 2 is 1.77 bits per heavy atom. The van der Waals surface area contributed by atoms with Crippen molar-refractivity contribution >= 4 is 11.8 Å². The predicted molar refractivity (Wildman–Crippen MR) is 140 cm³/mol. The van der Waals surface area contributed by atoms with Crippen LogP contribution in [0.4, 0.5) is 36.8 Å². The Bertz CT molecular complexity index is 1450. The second kappa shape index (κ2) is 12.2. The monoisotopic (exact) mass is 614 g/mol. The van der Waals surface area contributed by atoms with E-state index in [1.807, 2.05) is 0 Å². The van der Waals surface area contributed by atoms with E-state index >= 15 is 0 Å². The molecule has 9 nitrogen and oxygen atoms in total. The van der Waals surface area contributed by atoms with Gasteiger partial charge in [0.25, 0.3) is 11.8 Å². The molecule has 4 bridgehead atoms. The Morgan fingerprint density at radius 3 is 2.42 bits per heavy atom. The first kappa shape index (κ1) is 31.8. The van der Waals surface area contributed by atoms with Gasteiger partial charge in [-0.25, -0.2) is 9.78 Å². The molecule has 1 aliphatic rings. The van der Waals surface area contributed by atoms with Crippen LogP contribution >= 0.6 is 0 Å². The van der Waals surface area contributed by atoms with Crippen molar-refractivity contribution in [1.82, 2.24) is 15.2 Å².